The second-order valence-electron chi connectivity index (χ2n) is 7.00. The summed E-state index contributed by atoms with van der Waals surface area (Å²) in [5.41, 5.74) is -0.316. The Morgan fingerprint density at radius 3 is 2.33 bits per heavy atom. The number of aryl methyl sites for hydroxylation is 2. The topological polar surface area (TPSA) is 46.1 Å². The average Bonchev–Trinajstić information content (AvgIpc) is 2.83. The number of halogens is 3. The fourth-order valence-corrected chi connectivity index (χ4v) is 4.02. The molecule has 0 N–H and O–H groups in total. The quantitative estimate of drug-likeness (QED) is 0.787. The molecule has 1 saturated heterocycles. The smallest absolute Gasteiger partial charge is 0.337 e. The fraction of sp³-hybridized carbons (Fsp3) is 0.706. The number of aromatic nitrogens is 2. The van der Waals surface area contributed by atoms with Crippen LogP contribution in [0.1, 0.15) is 55.9 Å². The second kappa shape index (κ2) is 6.01. The molecule has 7 heteroatoms. The highest BCUT2D eigenvalue weighted by Gasteiger charge is 2.42. The molecular weight excluding hydrogens is 319 g/mol. The van der Waals surface area contributed by atoms with Crippen LogP contribution in [0, 0.1) is 12.8 Å². The average molecular weight is 341 g/mol. The summed E-state index contributed by atoms with van der Waals surface area (Å²) in [6, 6.07) is 0.315. The SMILES string of the molecule is Cc1nc2c(c(C(F)(F)F)n1)C[C@H](C(=O)N1[C@H](C)CC[C@H]1C)CC2. The molecule has 0 bridgehead atoms. The summed E-state index contributed by atoms with van der Waals surface area (Å²) in [5.74, 6) is -0.299. The summed E-state index contributed by atoms with van der Waals surface area (Å²) < 4.78 is 40.0. The Hall–Kier alpha value is -1.66. The van der Waals surface area contributed by atoms with Gasteiger partial charge in [0.2, 0.25) is 5.91 Å². The molecule has 1 fully saturated rings. The van der Waals surface area contributed by atoms with E-state index in [9.17, 15) is 18.0 Å². The zero-order valence-corrected chi connectivity index (χ0v) is 14.2. The summed E-state index contributed by atoms with van der Waals surface area (Å²) in [6.45, 7) is 5.48. The van der Waals surface area contributed by atoms with Crippen LogP contribution in [0.3, 0.4) is 0 Å². The molecule has 4 nitrogen and oxygen atoms in total. The first-order valence-electron chi connectivity index (χ1n) is 8.44. The molecule has 0 radical (unpaired) electrons. The molecule has 0 aromatic carbocycles. The van der Waals surface area contributed by atoms with E-state index in [0.29, 0.717) is 18.5 Å². The van der Waals surface area contributed by atoms with Gasteiger partial charge in [0.15, 0.2) is 5.69 Å². The summed E-state index contributed by atoms with van der Waals surface area (Å²) >= 11 is 0. The van der Waals surface area contributed by atoms with E-state index in [-0.39, 0.29) is 35.8 Å². The van der Waals surface area contributed by atoms with Gasteiger partial charge < -0.3 is 4.90 Å². The number of hydrogen-bond donors (Lipinski definition) is 0. The fourth-order valence-electron chi connectivity index (χ4n) is 4.02. The summed E-state index contributed by atoms with van der Waals surface area (Å²) in [5, 5.41) is 0. The highest BCUT2D eigenvalue weighted by atomic mass is 19.4. The Morgan fingerprint density at radius 1 is 1.12 bits per heavy atom. The molecule has 3 atom stereocenters. The van der Waals surface area contributed by atoms with Crippen molar-refractivity contribution in [1.82, 2.24) is 14.9 Å². The van der Waals surface area contributed by atoms with E-state index >= 15 is 0 Å². The zero-order valence-electron chi connectivity index (χ0n) is 14.2. The molecule has 0 spiro atoms. The van der Waals surface area contributed by atoms with E-state index in [2.05, 4.69) is 9.97 Å². The van der Waals surface area contributed by atoms with Gasteiger partial charge in [-0.3, -0.25) is 4.79 Å². The molecule has 0 unspecified atom stereocenters. The lowest BCUT2D eigenvalue weighted by molar-refractivity contribution is -0.144. The van der Waals surface area contributed by atoms with Crippen molar-refractivity contribution in [3.05, 3.63) is 22.8 Å². The van der Waals surface area contributed by atoms with Gasteiger partial charge in [0, 0.05) is 29.3 Å². The van der Waals surface area contributed by atoms with E-state index in [4.69, 9.17) is 0 Å². The molecule has 2 heterocycles. The normalized spacial score (nSPS) is 27.2. The van der Waals surface area contributed by atoms with Crippen molar-refractivity contribution in [1.29, 1.82) is 0 Å². The Bertz CT molecular complexity index is 649. The summed E-state index contributed by atoms with van der Waals surface area (Å²) in [4.78, 5) is 22.5. The van der Waals surface area contributed by atoms with Crippen LogP contribution in [0.5, 0.6) is 0 Å². The maximum atomic E-state index is 13.3. The van der Waals surface area contributed by atoms with Crippen molar-refractivity contribution >= 4 is 5.91 Å². The molecule has 24 heavy (non-hydrogen) atoms. The molecule has 2 aliphatic rings. The molecule has 1 amide bonds. The predicted octanol–water partition coefficient (Wildman–Crippen LogP) is 3.31. The lowest BCUT2D eigenvalue weighted by Crippen LogP contribution is -2.44. The van der Waals surface area contributed by atoms with Crippen molar-refractivity contribution < 1.29 is 18.0 Å². The Labute approximate surface area is 139 Å². The van der Waals surface area contributed by atoms with Crippen molar-refractivity contribution in [3.8, 4) is 0 Å². The minimum absolute atomic E-state index is 0.0214. The molecule has 1 aromatic heterocycles. The number of nitrogens with zero attached hydrogens (tertiary/aromatic N) is 3. The van der Waals surface area contributed by atoms with Crippen LogP contribution < -0.4 is 0 Å². The number of fused-ring (bicyclic) bond motifs is 1. The van der Waals surface area contributed by atoms with Gasteiger partial charge in [-0.25, -0.2) is 9.97 Å². The first kappa shape index (κ1) is 17.2. The second-order valence-corrected chi connectivity index (χ2v) is 7.00. The van der Waals surface area contributed by atoms with Gasteiger partial charge in [0.05, 0.1) is 0 Å². The van der Waals surface area contributed by atoms with E-state index in [0.717, 1.165) is 12.8 Å². The van der Waals surface area contributed by atoms with Gasteiger partial charge in [0.1, 0.15) is 5.82 Å². The van der Waals surface area contributed by atoms with Crippen molar-refractivity contribution in [3.63, 3.8) is 0 Å². The van der Waals surface area contributed by atoms with Crippen LogP contribution >= 0.6 is 0 Å². The molecular formula is C17H22F3N3O. The first-order valence-corrected chi connectivity index (χ1v) is 8.44. The standard InChI is InChI=1S/C17H22F3N3O/c1-9-4-5-10(2)23(9)16(24)12-6-7-14-13(8-12)15(17(18,19)20)22-11(3)21-14/h9-10,12H,4-8H2,1-3H3/t9-,10-,12-/m1/s1. The van der Waals surface area contributed by atoms with E-state index in [1.54, 1.807) is 0 Å². The Balaban J connectivity index is 1.90. The van der Waals surface area contributed by atoms with Gasteiger partial charge in [-0.05, 0) is 52.9 Å². The van der Waals surface area contributed by atoms with Crippen LogP contribution in [-0.2, 0) is 23.8 Å². The molecule has 1 aliphatic heterocycles. The number of amides is 1. The van der Waals surface area contributed by atoms with Crippen molar-refractivity contribution in [2.24, 2.45) is 5.92 Å². The summed E-state index contributed by atoms with van der Waals surface area (Å²) in [7, 11) is 0. The number of hydrogen-bond acceptors (Lipinski definition) is 3. The highest BCUT2D eigenvalue weighted by Crippen LogP contribution is 2.37. The third kappa shape index (κ3) is 3.00. The van der Waals surface area contributed by atoms with Gasteiger partial charge in [-0.1, -0.05) is 0 Å². The van der Waals surface area contributed by atoms with E-state index in [1.165, 1.54) is 6.92 Å². The number of likely N-dealkylation sites (tertiary alicyclic amines) is 1. The van der Waals surface area contributed by atoms with Gasteiger partial charge in [-0.15, -0.1) is 0 Å². The lowest BCUT2D eigenvalue weighted by atomic mass is 9.84. The minimum atomic E-state index is -4.52. The van der Waals surface area contributed by atoms with Crippen molar-refractivity contribution in [2.75, 3.05) is 0 Å². The van der Waals surface area contributed by atoms with E-state index in [1.807, 2.05) is 18.7 Å². The predicted molar refractivity (Wildman–Crippen MR) is 82.3 cm³/mol. The largest absolute Gasteiger partial charge is 0.433 e. The number of rotatable bonds is 1. The number of carbonyl (C=O) groups is 1. The molecule has 1 aliphatic carbocycles. The lowest BCUT2D eigenvalue weighted by Gasteiger charge is -2.33. The van der Waals surface area contributed by atoms with Gasteiger partial charge in [-0.2, -0.15) is 13.2 Å². The van der Waals surface area contributed by atoms with Crippen LogP contribution in [0.4, 0.5) is 13.2 Å². The van der Waals surface area contributed by atoms with Crippen LogP contribution in [0.15, 0.2) is 0 Å². The molecule has 132 valence electrons. The first-order chi connectivity index (χ1) is 11.2. The monoisotopic (exact) mass is 341 g/mol. The maximum absolute atomic E-state index is 13.3. The number of carbonyl (C=O) groups excluding carboxylic acids is 1. The Kier molecular flexibility index (Phi) is 4.30. The van der Waals surface area contributed by atoms with Crippen LogP contribution in [0.2, 0.25) is 0 Å². The highest BCUT2D eigenvalue weighted by molar-refractivity contribution is 5.80. The third-order valence-corrected chi connectivity index (χ3v) is 5.21. The van der Waals surface area contributed by atoms with Crippen LogP contribution in [-0.4, -0.2) is 32.9 Å². The zero-order chi connectivity index (χ0) is 17.6. The Morgan fingerprint density at radius 2 is 1.75 bits per heavy atom. The minimum Gasteiger partial charge on any atom is -0.337 e. The van der Waals surface area contributed by atoms with E-state index < -0.39 is 17.8 Å². The number of alkyl halides is 3. The summed E-state index contributed by atoms with van der Waals surface area (Å²) in [6.07, 6.45) is -1.58. The molecule has 1 aromatic rings. The third-order valence-electron chi connectivity index (χ3n) is 5.21. The van der Waals surface area contributed by atoms with Crippen LogP contribution in [0.25, 0.3) is 0 Å². The van der Waals surface area contributed by atoms with Gasteiger partial charge >= 0.3 is 6.18 Å². The van der Waals surface area contributed by atoms with Gasteiger partial charge in [0.25, 0.3) is 0 Å². The maximum Gasteiger partial charge on any atom is 0.433 e. The molecule has 3 rings (SSSR count). The van der Waals surface area contributed by atoms with Crippen molar-refractivity contribution in [2.45, 2.75) is 71.1 Å². The molecule has 0 saturated carbocycles.